The molecule has 1 N–H and O–H groups in total. The van der Waals surface area contributed by atoms with Crippen LogP contribution in [0.25, 0.3) is 0 Å². The van der Waals surface area contributed by atoms with Crippen LogP contribution in [-0.4, -0.2) is 24.7 Å². The lowest BCUT2D eigenvalue weighted by Crippen LogP contribution is -2.40. The number of terminal acetylenes is 1. The third-order valence-electron chi connectivity index (χ3n) is 1.60. The topological polar surface area (TPSA) is 38.3 Å². The van der Waals surface area contributed by atoms with Crippen molar-refractivity contribution in [2.24, 2.45) is 0 Å². The van der Waals surface area contributed by atoms with Gasteiger partial charge in [0, 0.05) is 12.5 Å². The number of carbonyl (C=O) groups is 1. The molecule has 0 saturated heterocycles. The molecule has 0 spiro atoms. The van der Waals surface area contributed by atoms with E-state index in [4.69, 9.17) is 11.2 Å². The number of hydrogen-bond acceptors (Lipinski definition) is 3. The molecule has 0 amide bonds. The lowest BCUT2D eigenvalue weighted by molar-refractivity contribution is -0.145. The fourth-order valence-corrected chi connectivity index (χ4v) is 0.998. The number of ether oxygens (including phenoxy) is 1. The molecule has 0 aliphatic carbocycles. The zero-order valence-electron chi connectivity index (χ0n) is 8.46. The Morgan fingerprint density at radius 2 is 2.23 bits per heavy atom. The standard InChI is InChI=1S/C10H17NO2/c1-5-7-8(3)11-9(4)10(12)13-6-2/h1,8-9,11H,6-7H2,2-4H3. The Labute approximate surface area is 79.8 Å². The second-order valence-corrected chi connectivity index (χ2v) is 2.95. The predicted molar refractivity (Wildman–Crippen MR) is 52.1 cm³/mol. The molecule has 0 radical (unpaired) electrons. The first-order valence-electron chi connectivity index (χ1n) is 4.48. The van der Waals surface area contributed by atoms with Crippen LogP contribution in [0, 0.1) is 12.3 Å². The van der Waals surface area contributed by atoms with E-state index in [9.17, 15) is 4.79 Å². The van der Waals surface area contributed by atoms with Gasteiger partial charge in [-0.1, -0.05) is 0 Å². The van der Waals surface area contributed by atoms with Gasteiger partial charge in [0.2, 0.25) is 0 Å². The van der Waals surface area contributed by atoms with Crippen molar-refractivity contribution in [3.8, 4) is 12.3 Å². The molecular weight excluding hydrogens is 166 g/mol. The third kappa shape index (κ3) is 5.26. The summed E-state index contributed by atoms with van der Waals surface area (Å²) in [6, 6.07) is -0.146. The van der Waals surface area contributed by atoms with Crippen LogP contribution in [-0.2, 0) is 9.53 Å². The molecule has 0 heterocycles. The molecule has 0 rings (SSSR count). The first-order chi connectivity index (χ1) is 6.11. The largest absolute Gasteiger partial charge is 0.465 e. The fourth-order valence-electron chi connectivity index (χ4n) is 0.998. The molecule has 2 atom stereocenters. The highest BCUT2D eigenvalue weighted by Gasteiger charge is 2.15. The zero-order valence-corrected chi connectivity index (χ0v) is 8.46. The van der Waals surface area contributed by atoms with Crippen LogP contribution < -0.4 is 5.32 Å². The Morgan fingerprint density at radius 1 is 1.62 bits per heavy atom. The average Bonchev–Trinajstić information content (AvgIpc) is 2.05. The first kappa shape index (κ1) is 12.0. The van der Waals surface area contributed by atoms with Crippen molar-refractivity contribution in [2.75, 3.05) is 6.61 Å². The van der Waals surface area contributed by atoms with Crippen LogP contribution in [0.2, 0.25) is 0 Å². The van der Waals surface area contributed by atoms with Crippen molar-refractivity contribution < 1.29 is 9.53 Å². The number of carbonyl (C=O) groups excluding carboxylic acids is 1. The minimum Gasteiger partial charge on any atom is -0.465 e. The van der Waals surface area contributed by atoms with E-state index in [1.54, 1.807) is 13.8 Å². The molecule has 0 aromatic heterocycles. The van der Waals surface area contributed by atoms with Gasteiger partial charge in [-0.2, -0.15) is 0 Å². The number of hydrogen-bond donors (Lipinski definition) is 1. The lowest BCUT2D eigenvalue weighted by Gasteiger charge is -2.16. The summed E-state index contributed by atoms with van der Waals surface area (Å²) in [4.78, 5) is 11.1. The van der Waals surface area contributed by atoms with Gasteiger partial charge < -0.3 is 10.1 Å². The number of esters is 1. The van der Waals surface area contributed by atoms with E-state index in [-0.39, 0.29) is 18.1 Å². The summed E-state index contributed by atoms with van der Waals surface area (Å²) in [5.74, 6) is 2.30. The molecule has 3 heteroatoms. The molecule has 0 aromatic rings. The van der Waals surface area contributed by atoms with Gasteiger partial charge in [0.1, 0.15) is 6.04 Å². The summed E-state index contributed by atoms with van der Waals surface area (Å²) in [6.07, 6.45) is 5.75. The van der Waals surface area contributed by atoms with Crippen LogP contribution >= 0.6 is 0 Å². The van der Waals surface area contributed by atoms with Gasteiger partial charge >= 0.3 is 5.97 Å². The normalized spacial score (nSPS) is 14.3. The maximum atomic E-state index is 11.1. The van der Waals surface area contributed by atoms with Gasteiger partial charge in [-0.05, 0) is 20.8 Å². The molecule has 0 saturated carbocycles. The van der Waals surface area contributed by atoms with Gasteiger partial charge in [0.15, 0.2) is 0 Å². The zero-order chi connectivity index (χ0) is 10.3. The Hall–Kier alpha value is -1.01. The Kier molecular flexibility index (Phi) is 5.99. The highest BCUT2D eigenvalue weighted by Crippen LogP contribution is 1.94. The molecular formula is C10H17NO2. The van der Waals surface area contributed by atoms with E-state index in [0.29, 0.717) is 13.0 Å². The van der Waals surface area contributed by atoms with Crippen molar-refractivity contribution in [3.05, 3.63) is 0 Å². The quantitative estimate of drug-likeness (QED) is 0.509. The highest BCUT2D eigenvalue weighted by molar-refractivity contribution is 5.75. The third-order valence-corrected chi connectivity index (χ3v) is 1.60. The lowest BCUT2D eigenvalue weighted by atomic mass is 10.2. The molecule has 0 fully saturated rings. The van der Waals surface area contributed by atoms with Crippen LogP contribution in [0.4, 0.5) is 0 Å². The second-order valence-electron chi connectivity index (χ2n) is 2.95. The molecule has 3 nitrogen and oxygen atoms in total. The van der Waals surface area contributed by atoms with E-state index in [2.05, 4.69) is 11.2 Å². The van der Waals surface area contributed by atoms with Crippen molar-refractivity contribution in [3.63, 3.8) is 0 Å². The summed E-state index contributed by atoms with van der Waals surface area (Å²) in [7, 11) is 0. The van der Waals surface area contributed by atoms with E-state index in [0.717, 1.165) is 0 Å². The van der Waals surface area contributed by atoms with E-state index in [1.807, 2.05) is 6.92 Å². The highest BCUT2D eigenvalue weighted by atomic mass is 16.5. The van der Waals surface area contributed by atoms with Crippen molar-refractivity contribution in [2.45, 2.75) is 39.3 Å². The van der Waals surface area contributed by atoms with E-state index >= 15 is 0 Å². The smallest absolute Gasteiger partial charge is 0.322 e. The number of rotatable bonds is 5. The van der Waals surface area contributed by atoms with E-state index < -0.39 is 0 Å². The number of nitrogens with one attached hydrogen (secondary N) is 1. The fraction of sp³-hybridized carbons (Fsp3) is 0.700. The van der Waals surface area contributed by atoms with E-state index in [1.165, 1.54) is 0 Å². The predicted octanol–water partition coefficient (Wildman–Crippen LogP) is 0.939. The summed E-state index contributed by atoms with van der Waals surface area (Å²) in [5.41, 5.74) is 0. The van der Waals surface area contributed by atoms with Crippen LogP contribution in [0.15, 0.2) is 0 Å². The maximum Gasteiger partial charge on any atom is 0.322 e. The van der Waals surface area contributed by atoms with Crippen molar-refractivity contribution in [1.29, 1.82) is 0 Å². The minimum atomic E-state index is -0.289. The monoisotopic (exact) mass is 183 g/mol. The van der Waals surface area contributed by atoms with Gasteiger partial charge in [-0.25, -0.2) is 0 Å². The van der Waals surface area contributed by atoms with Crippen LogP contribution in [0.3, 0.4) is 0 Å². The first-order valence-corrected chi connectivity index (χ1v) is 4.48. The van der Waals surface area contributed by atoms with Gasteiger partial charge in [-0.15, -0.1) is 12.3 Å². The summed E-state index contributed by atoms with van der Waals surface area (Å²) in [6.45, 7) is 5.91. The molecule has 2 unspecified atom stereocenters. The van der Waals surface area contributed by atoms with Crippen LogP contribution in [0.5, 0.6) is 0 Å². The molecule has 0 aliphatic heterocycles. The molecule has 0 bridgehead atoms. The van der Waals surface area contributed by atoms with Gasteiger partial charge in [0.05, 0.1) is 6.61 Å². The molecule has 0 aromatic carbocycles. The second kappa shape index (κ2) is 6.50. The maximum absolute atomic E-state index is 11.1. The van der Waals surface area contributed by atoms with Gasteiger partial charge in [-0.3, -0.25) is 4.79 Å². The molecule has 13 heavy (non-hydrogen) atoms. The van der Waals surface area contributed by atoms with Gasteiger partial charge in [0.25, 0.3) is 0 Å². The van der Waals surface area contributed by atoms with Crippen LogP contribution in [0.1, 0.15) is 27.2 Å². The minimum absolute atomic E-state index is 0.143. The van der Waals surface area contributed by atoms with Crippen molar-refractivity contribution >= 4 is 5.97 Å². The van der Waals surface area contributed by atoms with Crippen molar-refractivity contribution in [1.82, 2.24) is 5.32 Å². The molecule has 0 aliphatic rings. The summed E-state index contributed by atoms with van der Waals surface area (Å²) < 4.78 is 4.83. The Bertz CT molecular complexity index is 196. The average molecular weight is 183 g/mol. The summed E-state index contributed by atoms with van der Waals surface area (Å²) in [5, 5.41) is 3.05. The summed E-state index contributed by atoms with van der Waals surface area (Å²) >= 11 is 0. The Balaban J connectivity index is 3.79. The SMILES string of the molecule is C#CCC(C)NC(C)C(=O)OCC. The molecule has 74 valence electrons. The Morgan fingerprint density at radius 3 is 2.69 bits per heavy atom.